The van der Waals surface area contributed by atoms with Gasteiger partial charge in [0.1, 0.15) is 11.2 Å². The Kier molecular flexibility index (Phi) is 2.97. The van der Waals surface area contributed by atoms with Crippen LogP contribution in [0.4, 0.5) is 0 Å². The molecule has 0 spiro atoms. The number of fused-ring (bicyclic) bond motifs is 2. The molecule has 2 heteroatoms. The third-order valence-electron chi connectivity index (χ3n) is 7.05. The fourth-order valence-corrected chi connectivity index (χ4v) is 4.48. The minimum Gasteiger partial charge on any atom is -0.220 e. The molecule has 2 aromatic carbocycles. The highest BCUT2D eigenvalue weighted by Gasteiger charge is 2.53. The van der Waals surface area contributed by atoms with Gasteiger partial charge in [0.25, 0.3) is 0 Å². The summed E-state index contributed by atoms with van der Waals surface area (Å²) in [5, 5.41) is 2.67. The monoisotopic (exact) mass is 322 g/mol. The van der Waals surface area contributed by atoms with Gasteiger partial charge in [-0.3, -0.25) is 0 Å². The van der Waals surface area contributed by atoms with Gasteiger partial charge in [-0.15, -0.1) is 0 Å². The molecule has 2 bridgehead atoms. The maximum Gasteiger partial charge on any atom is 0.147 e. The molecule has 0 unspecified atom stereocenters. The molecule has 2 atom stereocenters. The molecule has 3 aliphatic rings. The molecule has 2 aromatic rings. The van der Waals surface area contributed by atoms with Crippen LogP contribution in [0.1, 0.15) is 61.1 Å². The van der Waals surface area contributed by atoms with Gasteiger partial charge in [-0.2, -0.15) is 0 Å². The van der Waals surface area contributed by atoms with Gasteiger partial charge in [0.05, 0.1) is 0 Å². The van der Waals surface area contributed by atoms with Crippen LogP contribution in [0.3, 0.4) is 0 Å². The summed E-state index contributed by atoms with van der Waals surface area (Å²) in [5.74, 6) is 0. The van der Waals surface area contributed by atoms with Crippen LogP contribution >= 0.6 is 0 Å². The largest absolute Gasteiger partial charge is 0.220 e. The number of benzene rings is 2. The molecule has 5 rings (SSSR count). The molecule has 2 heterocycles. The van der Waals surface area contributed by atoms with Crippen molar-refractivity contribution < 1.29 is 9.78 Å². The summed E-state index contributed by atoms with van der Waals surface area (Å²) in [6.07, 6.45) is 0. The minimum absolute atomic E-state index is 0.496. The Bertz CT molecular complexity index is 874. The van der Waals surface area contributed by atoms with Gasteiger partial charge < -0.3 is 0 Å². The number of aryl methyl sites for hydroxylation is 2. The highest BCUT2D eigenvalue weighted by molar-refractivity contribution is 5.93. The van der Waals surface area contributed by atoms with E-state index in [1.165, 1.54) is 55.3 Å². The highest BCUT2D eigenvalue weighted by Crippen LogP contribution is 2.56. The summed E-state index contributed by atoms with van der Waals surface area (Å²) in [5.41, 5.74) is 9.54. The molecule has 0 saturated heterocycles. The predicted molar refractivity (Wildman–Crippen MR) is 98.1 cm³/mol. The normalized spacial score (nSPS) is 28.7. The van der Waals surface area contributed by atoms with Crippen molar-refractivity contribution in [1.82, 2.24) is 0 Å². The van der Waals surface area contributed by atoms with Gasteiger partial charge in [0.2, 0.25) is 0 Å². The molecule has 0 amide bonds. The van der Waals surface area contributed by atoms with E-state index in [1.807, 2.05) is 0 Å². The van der Waals surface area contributed by atoms with Crippen LogP contribution in [0.15, 0.2) is 23.3 Å². The van der Waals surface area contributed by atoms with E-state index in [2.05, 4.69) is 67.5 Å². The number of hydrogen-bond donors (Lipinski definition) is 0. The van der Waals surface area contributed by atoms with Crippen molar-refractivity contribution in [3.05, 3.63) is 56.7 Å². The summed E-state index contributed by atoms with van der Waals surface area (Å²) >= 11 is 0. The molecule has 0 radical (unpaired) electrons. The number of rotatable bonds is 0. The molecule has 0 fully saturated rings. The SMILES string of the molecule is CC1=C(C)[C@@]2(C)OO[C@]1(C)c1cc3c(C)c(C)c(C)c(C)c3cc12. The van der Waals surface area contributed by atoms with Gasteiger partial charge in [-0.05, 0) is 123 Å². The summed E-state index contributed by atoms with van der Waals surface area (Å²) in [6.45, 7) is 17.5. The second-order valence-corrected chi connectivity index (χ2v) is 7.93. The Morgan fingerprint density at radius 2 is 0.917 bits per heavy atom. The summed E-state index contributed by atoms with van der Waals surface area (Å²) in [7, 11) is 0. The van der Waals surface area contributed by atoms with Crippen molar-refractivity contribution in [2.75, 3.05) is 0 Å². The first-order valence-electron chi connectivity index (χ1n) is 8.73. The lowest BCUT2D eigenvalue weighted by Crippen LogP contribution is -2.49. The van der Waals surface area contributed by atoms with Crippen LogP contribution in [-0.4, -0.2) is 0 Å². The predicted octanol–water partition coefficient (Wildman–Crippen LogP) is 5.82. The van der Waals surface area contributed by atoms with E-state index in [0.717, 1.165) is 0 Å². The lowest BCUT2D eigenvalue weighted by molar-refractivity contribution is -0.422. The Balaban J connectivity index is 2.18. The molecule has 2 nitrogen and oxygen atoms in total. The van der Waals surface area contributed by atoms with Crippen LogP contribution in [0.2, 0.25) is 0 Å². The average molecular weight is 322 g/mol. The fourth-order valence-electron chi connectivity index (χ4n) is 4.48. The van der Waals surface area contributed by atoms with E-state index in [1.54, 1.807) is 0 Å². The van der Waals surface area contributed by atoms with Crippen molar-refractivity contribution in [3.63, 3.8) is 0 Å². The zero-order valence-electron chi connectivity index (χ0n) is 16.0. The zero-order chi connectivity index (χ0) is 17.6. The Morgan fingerprint density at radius 1 is 0.583 bits per heavy atom. The second kappa shape index (κ2) is 4.50. The summed E-state index contributed by atoms with van der Waals surface area (Å²) < 4.78 is 0. The Morgan fingerprint density at radius 3 is 1.25 bits per heavy atom. The van der Waals surface area contributed by atoms with Crippen LogP contribution < -0.4 is 0 Å². The van der Waals surface area contributed by atoms with Crippen LogP contribution in [0.5, 0.6) is 0 Å². The first-order valence-corrected chi connectivity index (χ1v) is 8.73. The molecular formula is C22H26O2. The van der Waals surface area contributed by atoms with Crippen molar-refractivity contribution in [2.24, 2.45) is 0 Å². The van der Waals surface area contributed by atoms with Gasteiger partial charge in [0, 0.05) is 0 Å². The number of hydrogen-bond acceptors (Lipinski definition) is 2. The standard InChI is InChI=1S/C22H26O2/c1-11-12(2)14(4)18-10-20-19(9-17(18)13(11)3)21(7)15(5)16(6)22(20,8)24-23-21/h9-10H,1-8H3/t21-,22+. The lowest BCUT2D eigenvalue weighted by atomic mass is 9.68. The highest BCUT2D eigenvalue weighted by atomic mass is 17.2. The first kappa shape index (κ1) is 15.9. The molecule has 0 saturated carbocycles. The summed E-state index contributed by atoms with van der Waals surface area (Å²) in [4.78, 5) is 11.8. The summed E-state index contributed by atoms with van der Waals surface area (Å²) in [6, 6.07) is 4.69. The third kappa shape index (κ3) is 1.59. The van der Waals surface area contributed by atoms with Crippen LogP contribution in [0.25, 0.3) is 10.8 Å². The third-order valence-corrected chi connectivity index (χ3v) is 7.05. The second-order valence-electron chi connectivity index (χ2n) is 7.93. The molecule has 2 aliphatic heterocycles. The van der Waals surface area contributed by atoms with E-state index in [9.17, 15) is 0 Å². The van der Waals surface area contributed by atoms with Gasteiger partial charge in [-0.1, -0.05) is 0 Å². The Hall–Kier alpha value is -1.64. The molecule has 0 N–H and O–H groups in total. The molecule has 126 valence electrons. The van der Waals surface area contributed by atoms with E-state index in [0.29, 0.717) is 0 Å². The van der Waals surface area contributed by atoms with Crippen molar-refractivity contribution in [1.29, 1.82) is 0 Å². The van der Waals surface area contributed by atoms with Gasteiger partial charge >= 0.3 is 0 Å². The van der Waals surface area contributed by atoms with E-state index >= 15 is 0 Å². The zero-order valence-corrected chi connectivity index (χ0v) is 16.0. The van der Waals surface area contributed by atoms with Crippen molar-refractivity contribution in [2.45, 2.75) is 66.6 Å². The van der Waals surface area contributed by atoms with Crippen molar-refractivity contribution in [3.8, 4) is 0 Å². The topological polar surface area (TPSA) is 18.5 Å². The fraction of sp³-hybridized carbons (Fsp3) is 0.455. The van der Waals surface area contributed by atoms with E-state index < -0.39 is 11.2 Å². The van der Waals surface area contributed by atoms with Crippen LogP contribution in [0, 0.1) is 27.7 Å². The van der Waals surface area contributed by atoms with E-state index in [-0.39, 0.29) is 0 Å². The molecule has 1 aliphatic carbocycles. The molecular weight excluding hydrogens is 296 g/mol. The maximum absolute atomic E-state index is 5.89. The van der Waals surface area contributed by atoms with E-state index in [4.69, 9.17) is 9.78 Å². The average Bonchev–Trinajstić information content (AvgIpc) is 2.58. The van der Waals surface area contributed by atoms with Gasteiger partial charge in [-0.25, -0.2) is 9.78 Å². The smallest absolute Gasteiger partial charge is 0.147 e. The lowest BCUT2D eigenvalue weighted by Gasteiger charge is -2.51. The van der Waals surface area contributed by atoms with Crippen LogP contribution in [-0.2, 0) is 21.0 Å². The molecule has 24 heavy (non-hydrogen) atoms. The van der Waals surface area contributed by atoms with Gasteiger partial charge in [0.15, 0.2) is 0 Å². The Labute approximate surface area is 144 Å². The van der Waals surface area contributed by atoms with Crippen molar-refractivity contribution >= 4 is 10.8 Å². The maximum atomic E-state index is 5.89. The first-order chi connectivity index (χ1) is 11.1. The minimum atomic E-state index is -0.496. The quantitative estimate of drug-likeness (QED) is 0.450. The molecule has 0 aromatic heterocycles.